The minimum absolute atomic E-state index is 0.228. The predicted octanol–water partition coefficient (Wildman–Crippen LogP) is 5.88. The van der Waals surface area contributed by atoms with Gasteiger partial charge in [0.15, 0.2) is 0 Å². The third kappa shape index (κ3) is 5.20. The zero-order chi connectivity index (χ0) is 24.3. The van der Waals surface area contributed by atoms with Crippen molar-refractivity contribution in [2.45, 2.75) is 38.2 Å². The maximum Gasteiger partial charge on any atom is 0.331 e. The Morgan fingerprint density at radius 2 is 1.59 bits per heavy atom. The van der Waals surface area contributed by atoms with Crippen LogP contribution in [0.5, 0.6) is 11.5 Å². The number of carbonyl (C=O) groups is 2. The van der Waals surface area contributed by atoms with Crippen LogP contribution in [0.15, 0.2) is 78.9 Å². The summed E-state index contributed by atoms with van der Waals surface area (Å²) >= 11 is 0. The van der Waals surface area contributed by atoms with Crippen LogP contribution in [0.3, 0.4) is 0 Å². The normalized spacial score (nSPS) is 17.7. The summed E-state index contributed by atoms with van der Waals surface area (Å²) in [5.41, 5.74) is 3.12. The number of esters is 2. The number of hydrogen-bond acceptors (Lipinski definition) is 5. The van der Waals surface area contributed by atoms with Crippen LogP contribution in [0.4, 0.5) is 0 Å². The van der Waals surface area contributed by atoms with Gasteiger partial charge in [0.25, 0.3) is 0 Å². The highest BCUT2D eigenvalue weighted by Gasteiger charge is 2.39. The third-order valence-corrected chi connectivity index (χ3v) is 5.63. The summed E-state index contributed by atoms with van der Waals surface area (Å²) in [5, 5.41) is 0. The van der Waals surface area contributed by atoms with Crippen molar-refractivity contribution in [1.82, 2.24) is 0 Å². The van der Waals surface area contributed by atoms with Crippen molar-refractivity contribution in [2.24, 2.45) is 0 Å². The van der Waals surface area contributed by atoms with Gasteiger partial charge in [-0.15, -0.1) is 0 Å². The average Bonchev–Trinajstić information content (AvgIpc) is 2.81. The number of rotatable bonds is 5. The van der Waals surface area contributed by atoms with Gasteiger partial charge in [-0.25, -0.2) is 4.79 Å². The lowest BCUT2D eigenvalue weighted by atomic mass is 9.75. The lowest BCUT2D eigenvalue weighted by Crippen LogP contribution is -2.30. The molecule has 0 aromatic heterocycles. The highest BCUT2D eigenvalue weighted by molar-refractivity contribution is 5.87. The van der Waals surface area contributed by atoms with Gasteiger partial charge in [-0.3, -0.25) is 4.79 Å². The van der Waals surface area contributed by atoms with Crippen molar-refractivity contribution in [1.29, 1.82) is 0 Å². The van der Waals surface area contributed by atoms with Gasteiger partial charge in [-0.2, -0.15) is 0 Å². The van der Waals surface area contributed by atoms with Crippen molar-refractivity contribution in [3.05, 3.63) is 101 Å². The molecule has 0 N–H and O–H groups in total. The minimum atomic E-state index is -0.538. The topological polar surface area (TPSA) is 61.8 Å². The summed E-state index contributed by atoms with van der Waals surface area (Å²) in [7, 11) is 1.58. The molecule has 0 bridgehead atoms. The Hall–Kier alpha value is -3.86. The second kappa shape index (κ2) is 9.56. The standard InChI is InChI=1S/C29H28O5/c1-29(2,3)34-25(30)17-12-19-10-13-21(14-11-19)26-23-16-15-22(32-4)18-24(23)33-28(31)27(26)20-8-6-5-7-9-20/h5-18,26-27H,1-4H3. The average molecular weight is 457 g/mol. The van der Waals surface area contributed by atoms with Gasteiger partial charge >= 0.3 is 11.9 Å². The summed E-state index contributed by atoms with van der Waals surface area (Å²) in [4.78, 5) is 25.2. The van der Waals surface area contributed by atoms with Crippen LogP contribution in [0.25, 0.3) is 6.08 Å². The van der Waals surface area contributed by atoms with E-state index in [9.17, 15) is 9.59 Å². The van der Waals surface area contributed by atoms with E-state index in [0.717, 1.165) is 22.3 Å². The summed E-state index contributed by atoms with van der Waals surface area (Å²) in [6, 6.07) is 23.1. The molecule has 1 heterocycles. The van der Waals surface area contributed by atoms with Gasteiger partial charge in [-0.05, 0) is 49.6 Å². The van der Waals surface area contributed by atoms with Crippen LogP contribution in [-0.2, 0) is 14.3 Å². The van der Waals surface area contributed by atoms with E-state index in [1.165, 1.54) is 6.08 Å². The van der Waals surface area contributed by atoms with Crippen molar-refractivity contribution in [2.75, 3.05) is 7.11 Å². The first-order valence-corrected chi connectivity index (χ1v) is 11.2. The van der Waals surface area contributed by atoms with E-state index < -0.39 is 17.5 Å². The molecule has 0 radical (unpaired) electrons. The Morgan fingerprint density at radius 1 is 0.912 bits per heavy atom. The molecule has 0 aliphatic carbocycles. The fraction of sp³-hybridized carbons (Fsp3) is 0.241. The summed E-state index contributed by atoms with van der Waals surface area (Å²) < 4.78 is 16.4. The zero-order valence-electron chi connectivity index (χ0n) is 19.8. The van der Waals surface area contributed by atoms with Crippen molar-refractivity contribution >= 4 is 18.0 Å². The first-order chi connectivity index (χ1) is 16.2. The Balaban J connectivity index is 1.69. The largest absolute Gasteiger partial charge is 0.497 e. The van der Waals surface area contributed by atoms with Crippen LogP contribution in [0.1, 0.15) is 54.9 Å². The number of fused-ring (bicyclic) bond motifs is 1. The molecule has 0 fully saturated rings. The van der Waals surface area contributed by atoms with Gasteiger partial charge < -0.3 is 14.2 Å². The maximum atomic E-state index is 13.2. The van der Waals surface area contributed by atoms with Crippen molar-refractivity contribution < 1.29 is 23.8 Å². The SMILES string of the molecule is COc1ccc2c(c1)OC(=O)C(c1ccccc1)C2c1ccc(C=CC(=O)OC(C)(C)C)cc1. The molecule has 2 atom stereocenters. The van der Waals surface area contributed by atoms with Crippen LogP contribution >= 0.6 is 0 Å². The molecular weight excluding hydrogens is 428 g/mol. The minimum Gasteiger partial charge on any atom is -0.497 e. The molecule has 34 heavy (non-hydrogen) atoms. The summed E-state index contributed by atoms with van der Waals surface area (Å²) in [5.74, 6) is -0.260. The highest BCUT2D eigenvalue weighted by atomic mass is 16.6. The first-order valence-electron chi connectivity index (χ1n) is 11.2. The molecular formula is C29H28O5. The molecule has 0 saturated carbocycles. The third-order valence-electron chi connectivity index (χ3n) is 5.63. The van der Waals surface area contributed by atoms with Gasteiger partial charge in [0.1, 0.15) is 17.1 Å². The molecule has 1 aliphatic rings. The Kier molecular flexibility index (Phi) is 6.55. The van der Waals surface area contributed by atoms with E-state index in [-0.39, 0.29) is 11.9 Å². The number of benzene rings is 3. The lowest BCUT2D eigenvalue weighted by molar-refractivity contribution is -0.148. The molecule has 174 valence electrons. The molecule has 0 saturated heterocycles. The number of hydrogen-bond donors (Lipinski definition) is 0. The van der Waals surface area contributed by atoms with E-state index >= 15 is 0 Å². The molecule has 0 amide bonds. The molecule has 5 nitrogen and oxygen atoms in total. The highest BCUT2D eigenvalue weighted by Crippen LogP contribution is 2.47. The Labute approximate surface area is 200 Å². The summed E-state index contributed by atoms with van der Waals surface area (Å²) in [6.07, 6.45) is 3.15. The second-order valence-corrected chi connectivity index (χ2v) is 9.22. The molecule has 0 spiro atoms. The number of methoxy groups -OCH3 is 1. The molecule has 3 aromatic carbocycles. The van der Waals surface area contributed by atoms with Crippen LogP contribution < -0.4 is 9.47 Å². The smallest absolute Gasteiger partial charge is 0.331 e. The fourth-order valence-corrected chi connectivity index (χ4v) is 4.15. The number of carbonyl (C=O) groups excluding carboxylic acids is 2. The first kappa shape index (κ1) is 23.3. The molecule has 1 aliphatic heterocycles. The predicted molar refractivity (Wildman–Crippen MR) is 131 cm³/mol. The van der Waals surface area contributed by atoms with E-state index in [0.29, 0.717) is 11.5 Å². The van der Waals surface area contributed by atoms with Gasteiger partial charge in [-0.1, -0.05) is 60.7 Å². The summed E-state index contributed by atoms with van der Waals surface area (Å²) in [6.45, 7) is 5.50. The zero-order valence-corrected chi connectivity index (χ0v) is 19.8. The maximum absolute atomic E-state index is 13.2. The Morgan fingerprint density at radius 3 is 2.24 bits per heavy atom. The second-order valence-electron chi connectivity index (χ2n) is 9.22. The number of ether oxygens (including phenoxy) is 3. The molecule has 4 rings (SSSR count). The quantitative estimate of drug-likeness (QED) is 0.272. The van der Waals surface area contributed by atoms with Crippen LogP contribution in [-0.4, -0.2) is 24.6 Å². The molecule has 3 aromatic rings. The van der Waals surface area contributed by atoms with E-state index in [1.54, 1.807) is 19.3 Å². The van der Waals surface area contributed by atoms with Crippen LogP contribution in [0.2, 0.25) is 0 Å². The van der Waals surface area contributed by atoms with E-state index in [1.807, 2.05) is 87.5 Å². The van der Waals surface area contributed by atoms with Crippen molar-refractivity contribution in [3.8, 4) is 11.5 Å². The van der Waals surface area contributed by atoms with E-state index in [4.69, 9.17) is 14.2 Å². The monoisotopic (exact) mass is 456 g/mol. The Bertz CT molecular complexity index is 1200. The van der Waals surface area contributed by atoms with Crippen molar-refractivity contribution in [3.63, 3.8) is 0 Å². The fourth-order valence-electron chi connectivity index (χ4n) is 4.15. The van der Waals surface area contributed by atoms with E-state index in [2.05, 4.69) is 0 Å². The lowest BCUT2D eigenvalue weighted by Gasteiger charge is -2.33. The van der Waals surface area contributed by atoms with Gasteiger partial charge in [0.05, 0.1) is 13.0 Å². The molecule has 5 heteroatoms. The van der Waals surface area contributed by atoms with Crippen LogP contribution in [0, 0.1) is 0 Å². The molecule has 2 unspecified atom stereocenters. The van der Waals surface area contributed by atoms with Gasteiger partial charge in [0.2, 0.25) is 0 Å². The van der Waals surface area contributed by atoms with Gasteiger partial charge in [0, 0.05) is 23.6 Å².